The first kappa shape index (κ1) is 16.7. The van der Waals surface area contributed by atoms with Crippen molar-refractivity contribution in [3.8, 4) is 0 Å². The number of carbonyl (C=O) groups is 2. The van der Waals surface area contributed by atoms with Crippen molar-refractivity contribution in [2.75, 3.05) is 13.1 Å². The molecule has 0 aromatic carbocycles. The van der Waals surface area contributed by atoms with E-state index in [-0.39, 0.29) is 6.54 Å². The lowest BCUT2D eigenvalue weighted by Crippen LogP contribution is -2.63. The Hall–Kier alpha value is -1.31. The molecule has 0 aromatic rings. The Morgan fingerprint density at radius 2 is 1.83 bits per heavy atom. The van der Waals surface area contributed by atoms with Crippen LogP contribution in [0.25, 0.3) is 0 Å². The monoisotopic (exact) mass is 270 g/mol. The van der Waals surface area contributed by atoms with E-state index in [1.54, 1.807) is 6.92 Å². The van der Waals surface area contributed by atoms with Gasteiger partial charge in [-0.2, -0.15) is 13.2 Å². The topological polar surface area (TPSA) is 78.4 Å². The van der Waals surface area contributed by atoms with Crippen LogP contribution in [0.15, 0.2) is 0 Å². The van der Waals surface area contributed by atoms with Crippen LogP contribution in [0.2, 0.25) is 0 Å². The molecule has 0 rings (SSSR count). The zero-order chi connectivity index (χ0) is 14.6. The third kappa shape index (κ3) is 3.86. The Labute approximate surface area is 103 Å². The fourth-order valence-electron chi connectivity index (χ4n) is 1.07. The third-order valence-electron chi connectivity index (χ3n) is 2.52. The van der Waals surface area contributed by atoms with Crippen LogP contribution in [-0.2, 0) is 9.59 Å². The van der Waals surface area contributed by atoms with E-state index >= 15 is 0 Å². The Morgan fingerprint density at radius 3 is 2.17 bits per heavy atom. The molecule has 0 aliphatic rings. The molecule has 8 heteroatoms. The van der Waals surface area contributed by atoms with Gasteiger partial charge in [0.25, 0.3) is 0 Å². The van der Waals surface area contributed by atoms with E-state index in [0.29, 0.717) is 13.5 Å². The largest absolute Gasteiger partial charge is 0.479 e. The van der Waals surface area contributed by atoms with Crippen LogP contribution in [0, 0.1) is 5.92 Å². The molecule has 2 atom stereocenters. The second-order valence-corrected chi connectivity index (χ2v) is 4.13. The Balaban J connectivity index is 4.82. The van der Waals surface area contributed by atoms with Gasteiger partial charge in [-0.05, 0) is 13.5 Å². The van der Waals surface area contributed by atoms with Gasteiger partial charge >= 0.3 is 12.1 Å². The van der Waals surface area contributed by atoms with Crippen molar-refractivity contribution in [3.63, 3.8) is 0 Å². The van der Waals surface area contributed by atoms with Gasteiger partial charge in [0, 0.05) is 12.5 Å². The molecule has 0 radical (unpaired) electrons. The molecule has 0 spiro atoms. The molecular formula is C10H17F3N2O3. The lowest BCUT2D eigenvalue weighted by Gasteiger charge is -2.29. The minimum Gasteiger partial charge on any atom is -0.479 e. The van der Waals surface area contributed by atoms with Gasteiger partial charge in [0.15, 0.2) is 0 Å². The van der Waals surface area contributed by atoms with Gasteiger partial charge in [0.1, 0.15) is 0 Å². The molecule has 0 saturated carbocycles. The lowest BCUT2D eigenvalue weighted by molar-refractivity contribution is -0.207. The molecule has 106 valence electrons. The average molecular weight is 270 g/mol. The predicted octanol–water partition coefficient (Wildman–Crippen LogP) is 0.754. The molecule has 2 unspecified atom stereocenters. The van der Waals surface area contributed by atoms with Crippen molar-refractivity contribution in [2.45, 2.75) is 32.5 Å². The summed E-state index contributed by atoms with van der Waals surface area (Å²) in [5, 5.41) is 13.0. The summed E-state index contributed by atoms with van der Waals surface area (Å²) in [7, 11) is 0. The summed E-state index contributed by atoms with van der Waals surface area (Å²) < 4.78 is 37.9. The number of hydrogen-bond donors (Lipinski definition) is 3. The first-order valence-electron chi connectivity index (χ1n) is 5.39. The predicted molar refractivity (Wildman–Crippen MR) is 57.9 cm³/mol. The molecule has 0 saturated heterocycles. The average Bonchev–Trinajstić information content (AvgIpc) is 2.23. The van der Waals surface area contributed by atoms with Crippen molar-refractivity contribution in [1.29, 1.82) is 0 Å². The van der Waals surface area contributed by atoms with E-state index in [0.717, 1.165) is 0 Å². The van der Waals surface area contributed by atoms with Crippen LogP contribution in [0.1, 0.15) is 20.8 Å². The SMILES string of the molecule is CCNCC(C)C(=O)NC(C)(C(=O)O)C(F)(F)F. The molecule has 0 aliphatic heterocycles. The zero-order valence-electron chi connectivity index (χ0n) is 10.4. The number of halogens is 3. The van der Waals surface area contributed by atoms with E-state index < -0.39 is 29.5 Å². The molecule has 1 amide bonds. The highest BCUT2D eigenvalue weighted by atomic mass is 19.4. The number of nitrogens with one attached hydrogen (secondary N) is 2. The maximum atomic E-state index is 12.6. The number of amides is 1. The molecule has 0 fully saturated rings. The lowest BCUT2D eigenvalue weighted by atomic mass is 10.00. The Morgan fingerprint density at radius 1 is 1.33 bits per heavy atom. The Kier molecular flexibility index (Phi) is 5.59. The van der Waals surface area contributed by atoms with Crippen LogP contribution in [0.5, 0.6) is 0 Å². The molecule has 0 bridgehead atoms. The standard InChI is InChI=1S/C10H17F3N2O3/c1-4-14-5-6(2)7(16)15-9(3,8(17)18)10(11,12)13/h6,14H,4-5H2,1-3H3,(H,15,16)(H,17,18). The fraction of sp³-hybridized carbons (Fsp3) is 0.800. The minimum atomic E-state index is -5.06. The van der Waals surface area contributed by atoms with E-state index in [4.69, 9.17) is 5.11 Å². The molecular weight excluding hydrogens is 253 g/mol. The van der Waals surface area contributed by atoms with Crippen LogP contribution >= 0.6 is 0 Å². The normalized spacial score (nSPS) is 16.8. The summed E-state index contributed by atoms with van der Waals surface area (Å²) in [6.07, 6.45) is -5.06. The summed E-state index contributed by atoms with van der Waals surface area (Å²) in [5.41, 5.74) is -3.27. The van der Waals surface area contributed by atoms with E-state index in [9.17, 15) is 22.8 Å². The fourth-order valence-corrected chi connectivity index (χ4v) is 1.07. The van der Waals surface area contributed by atoms with Crippen LogP contribution in [-0.4, -0.2) is 41.8 Å². The van der Waals surface area contributed by atoms with Crippen LogP contribution < -0.4 is 10.6 Å². The number of carbonyl (C=O) groups excluding carboxylic acids is 1. The van der Waals surface area contributed by atoms with Gasteiger partial charge in [-0.1, -0.05) is 13.8 Å². The highest BCUT2D eigenvalue weighted by Gasteiger charge is 2.58. The summed E-state index contributed by atoms with van der Waals surface area (Å²) >= 11 is 0. The summed E-state index contributed by atoms with van der Waals surface area (Å²) in [5.74, 6) is -3.86. The summed E-state index contributed by atoms with van der Waals surface area (Å²) in [4.78, 5) is 22.2. The molecule has 3 N–H and O–H groups in total. The number of alkyl halides is 3. The molecule has 5 nitrogen and oxygen atoms in total. The van der Waals surface area contributed by atoms with Gasteiger partial charge in [-0.3, -0.25) is 4.79 Å². The highest BCUT2D eigenvalue weighted by molar-refractivity contribution is 5.88. The number of hydrogen-bond acceptors (Lipinski definition) is 3. The molecule has 0 heterocycles. The maximum absolute atomic E-state index is 12.6. The smallest absolute Gasteiger partial charge is 0.422 e. The van der Waals surface area contributed by atoms with Gasteiger partial charge in [-0.25, -0.2) is 4.79 Å². The molecule has 18 heavy (non-hydrogen) atoms. The van der Waals surface area contributed by atoms with Gasteiger partial charge < -0.3 is 15.7 Å². The molecule has 0 aromatic heterocycles. The van der Waals surface area contributed by atoms with Crippen LogP contribution in [0.4, 0.5) is 13.2 Å². The second-order valence-electron chi connectivity index (χ2n) is 4.13. The van der Waals surface area contributed by atoms with E-state index in [1.807, 2.05) is 0 Å². The number of carboxylic acid groups (broad SMARTS) is 1. The first-order valence-corrected chi connectivity index (χ1v) is 5.39. The van der Waals surface area contributed by atoms with E-state index in [1.165, 1.54) is 12.2 Å². The van der Waals surface area contributed by atoms with Crippen molar-refractivity contribution >= 4 is 11.9 Å². The maximum Gasteiger partial charge on any atom is 0.422 e. The minimum absolute atomic E-state index is 0.176. The number of carboxylic acids is 1. The van der Waals surface area contributed by atoms with Gasteiger partial charge in [0.05, 0.1) is 0 Å². The van der Waals surface area contributed by atoms with Gasteiger partial charge in [0.2, 0.25) is 11.4 Å². The second kappa shape index (κ2) is 6.03. The van der Waals surface area contributed by atoms with Crippen molar-refractivity contribution < 1.29 is 27.9 Å². The highest BCUT2D eigenvalue weighted by Crippen LogP contribution is 2.30. The number of rotatable bonds is 6. The van der Waals surface area contributed by atoms with Crippen molar-refractivity contribution in [3.05, 3.63) is 0 Å². The zero-order valence-corrected chi connectivity index (χ0v) is 10.4. The third-order valence-corrected chi connectivity index (χ3v) is 2.52. The Bertz CT molecular complexity index is 320. The summed E-state index contributed by atoms with van der Waals surface area (Å²) in [6.45, 7) is 4.36. The summed E-state index contributed by atoms with van der Waals surface area (Å²) in [6, 6.07) is 0. The van der Waals surface area contributed by atoms with Crippen LogP contribution in [0.3, 0.4) is 0 Å². The van der Waals surface area contributed by atoms with Gasteiger partial charge in [-0.15, -0.1) is 0 Å². The first-order chi connectivity index (χ1) is 8.06. The quantitative estimate of drug-likeness (QED) is 0.665. The van der Waals surface area contributed by atoms with Crippen molar-refractivity contribution in [2.24, 2.45) is 5.92 Å². The van der Waals surface area contributed by atoms with E-state index in [2.05, 4.69) is 5.32 Å². The van der Waals surface area contributed by atoms with Crippen molar-refractivity contribution in [1.82, 2.24) is 10.6 Å². The molecule has 0 aliphatic carbocycles. The number of aliphatic carboxylic acids is 1.